The molecule has 0 unspecified atom stereocenters. The summed E-state index contributed by atoms with van der Waals surface area (Å²) in [5.41, 5.74) is 6.56. The molecule has 20 heavy (non-hydrogen) atoms. The van der Waals surface area contributed by atoms with E-state index < -0.39 is 5.97 Å². The molecule has 0 amide bonds. The highest BCUT2D eigenvalue weighted by Crippen LogP contribution is 2.30. The van der Waals surface area contributed by atoms with Crippen LogP contribution in [0.4, 0.5) is 17.2 Å². The van der Waals surface area contributed by atoms with Crippen molar-refractivity contribution in [3.63, 3.8) is 0 Å². The molecule has 1 aromatic heterocycles. The summed E-state index contributed by atoms with van der Waals surface area (Å²) in [4.78, 5) is 15.1. The minimum Gasteiger partial charge on any atom is -0.495 e. The number of ether oxygens (including phenoxy) is 1. The molecule has 0 aliphatic heterocycles. The van der Waals surface area contributed by atoms with Crippen LogP contribution in [-0.2, 0) is 0 Å². The molecule has 4 N–H and O–H groups in total. The molecule has 0 saturated heterocycles. The van der Waals surface area contributed by atoms with Gasteiger partial charge in [0.15, 0.2) is 5.82 Å². The van der Waals surface area contributed by atoms with E-state index in [2.05, 4.69) is 26.2 Å². The summed E-state index contributed by atoms with van der Waals surface area (Å²) < 4.78 is 5.99. The number of pyridine rings is 1. The van der Waals surface area contributed by atoms with Gasteiger partial charge in [0.05, 0.1) is 22.8 Å². The van der Waals surface area contributed by atoms with Gasteiger partial charge in [0.25, 0.3) is 0 Å². The topological polar surface area (TPSA) is 97.5 Å². The molecule has 2 aromatic rings. The highest BCUT2D eigenvalue weighted by Gasteiger charge is 2.12. The highest BCUT2D eigenvalue weighted by molar-refractivity contribution is 9.10. The number of carbonyl (C=O) groups is 1. The maximum atomic E-state index is 11.0. The quantitative estimate of drug-likeness (QED) is 0.793. The van der Waals surface area contributed by atoms with Crippen molar-refractivity contribution in [2.45, 2.75) is 0 Å². The zero-order chi connectivity index (χ0) is 14.7. The monoisotopic (exact) mass is 337 g/mol. The van der Waals surface area contributed by atoms with Gasteiger partial charge in [0, 0.05) is 18.0 Å². The van der Waals surface area contributed by atoms with Gasteiger partial charge in [0.2, 0.25) is 0 Å². The molecule has 0 fully saturated rings. The fraction of sp³-hybridized carbons (Fsp3) is 0.0769. The predicted molar refractivity (Wildman–Crippen MR) is 79.6 cm³/mol. The standard InChI is InChI=1S/C13H12BrN3O3/c1-20-10-6-7(2-3-9(10)14)17-12-11(15)8(13(18)19)4-5-16-12/h2-6H,15H2,1H3,(H,16,17)(H,18,19). The SMILES string of the molecule is COc1cc(Nc2nccc(C(=O)O)c2N)ccc1Br. The lowest BCUT2D eigenvalue weighted by Crippen LogP contribution is -2.07. The Morgan fingerprint density at radius 3 is 2.85 bits per heavy atom. The number of benzene rings is 1. The van der Waals surface area contributed by atoms with Crippen molar-refractivity contribution in [2.24, 2.45) is 0 Å². The first-order chi connectivity index (χ1) is 9.52. The van der Waals surface area contributed by atoms with E-state index >= 15 is 0 Å². The Bertz CT molecular complexity index is 661. The van der Waals surface area contributed by atoms with Gasteiger partial charge in [-0.3, -0.25) is 0 Å². The van der Waals surface area contributed by atoms with Crippen molar-refractivity contribution in [1.82, 2.24) is 4.98 Å². The number of nitrogens with one attached hydrogen (secondary N) is 1. The smallest absolute Gasteiger partial charge is 0.337 e. The van der Waals surface area contributed by atoms with Crippen molar-refractivity contribution < 1.29 is 14.6 Å². The van der Waals surface area contributed by atoms with E-state index in [1.54, 1.807) is 25.3 Å². The fourth-order valence-electron chi connectivity index (χ4n) is 1.63. The van der Waals surface area contributed by atoms with E-state index in [4.69, 9.17) is 15.6 Å². The molecule has 0 aliphatic rings. The molecule has 0 atom stereocenters. The van der Waals surface area contributed by atoms with Crippen molar-refractivity contribution >= 4 is 39.1 Å². The summed E-state index contributed by atoms with van der Waals surface area (Å²) in [7, 11) is 1.56. The van der Waals surface area contributed by atoms with Gasteiger partial charge < -0.3 is 20.9 Å². The number of carboxylic acids is 1. The molecular formula is C13H12BrN3O3. The first kappa shape index (κ1) is 14.1. The number of rotatable bonds is 4. The summed E-state index contributed by atoms with van der Waals surface area (Å²) in [5, 5.41) is 12.0. The van der Waals surface area contributed by atoms with Gasteiger partial charge in [-0.25, -0.2) is 9.78 Å². The van der Waals surface area contributed by atoms with E-state index in [0.717, 1.165) is 4.47 Å². The molecule has 0 bridgehead atoms. The fourth-order valence-corrected chi connectivity index (χ4v) is 2.04. The van der Waals surface area contributed by atoms with Crippen molar-refractivity contribution in [3.8, 4) is 5.75 Å². The van der Waals surface area contributed by atoms with E-state index in [-0.39, 0.29) is 17.1 Å². The Kier molecular flexibility index (Phi) is 4.09. The first-order valence-corrected chi connectivity index (χ1v) is 6.40. The van der Waals surface area contributed by atoms with Crippen LogP contribution >= 0.6 is 15.9 Å². The maximum absolute atomic E-state index is 11.0. The number of aromatic carboxylic acids is 1. The second-order valence-electron chi connectivity index (χ2n) is 3.90. The summed E-state index contributed by atoms with van der Waals surface area (Å²) in [6.07, 6.45) is 1.39. The Morgan fingerprint density at radius 1 is 1.45 bits per heavy atom. The largest absolute Gasteiger partial charge is 0.495 e. The van der Waals surface area contributed by atoms with Crippen LogP contribution in [0.5, 0.6) is 5.75 Å². The lowest BCUT2D eigenvalue weighted by Gasteiger charge is -2.11. The molecule has 0 aliphatic carbocycles. The zero-order valence-electron chi connectivity index (χ0n) is 10.6. The Balaban J connectivity index is 2.35. The van der Waals surface area contributed by atoms with Crippen LogP contribution in [0.3, 0.4) is 0 Å². The van der Waals surface area contributed by atoms with E-state index in [0.29, 0.717) is 11.4 Å². The number of hydrogen-bond donors (Lipinski definition) is 3. The van der Waals surface area contributed by atoms with Crippen LogP contribution in [0, 0.1) is 0 Å². The molecule has 1 heterocycles. The number of methoxy groups -OCH3 is 1. The summed E-state index contributed by atoms with van der Waals surface area (Å²) in [6.45, 7) is 0. The Hall–Kier alpha value is -2.28. The van der Waals surface area contributed by atoms with Crippen LogP contribution in [-0.4, -0.2) is 23.2 Å². The first-order valence-electron chi connectivity index (χ1n) is 5.61. The highest BCUT2D eigenvalue weighted by atomic mass is 79.9. The van der Waals surface area contributed by atoms with Crippen LogP contribution in [0.25, 0.3) is 0 Å². The summed E-state index contributed by atoms with van der Waals surface area (Å²) in [6, 6.07) is 6.70. The average molecular weight is 338 g/mol. The van der Waals surface area contributed by atoms with Crippen molar-refractivity contribution in [2.75, 3.05) is 18.2 Å². The van der Waals surface area contributed by atoms with Gasteiger partial charge in [-0.05, 0) is 34.1 Å². The lowest BCUT2D eigenvalue weighted by molar-refractivity contribution is 0.0698. The van der Waals surface area contributed by atoms with E-state index in [9.17, 15) is 4.79 Å². The molecule has 6 nitrogen and oxygen atoms in total. The predicted octanol–water partition coefficient (Wildman–Crippen LogP) is 2.88. The van der Waals surface area contributed by atoms with Crippen LogP contribution in [0.15, 0.2) is 34.9 Å². The molecule has 0 spiro atoms. The van der Waals surface area contributed by atoms with Crippen LogP contribution in [0.2, 0.25) is 0 Å². The van der Waals surface area contributed by atoms with Gasteiger partial charge in [-0.1, -0.05) is 0 Å². The summed E-state index contributed by atoms with van der Waals surface area (Å²) in [5.74, 6) is -0.168. The second kappa shape index (κ2) is 5.79. The van der Waals surface area contributed by atoms with E-state index in [1.807, 2.05) is 0 Å². The van der Waals surface area contributed by atoms with Crippen LogP contribution < -0.4 is 15.8 Å². The molecule has 1 aromatic carbocycles. The van der Waals surface area contributed by atoms with Gasteiger partial charge in [-0.2, -0.15) is 0 Å². The third-order valence-electron chi connectivity index (χ3n) is 2.63. The Labute approximate surface area is 123 Å². The molecule has 2 rings (SSSR count). The number of halogens is 1. The third-order valence-corrected chi connectivity index (χ3v) is 3.29. The van der Waals surface area contributed by atoms with Crippen molar-refractivity contribution in [1.29, 1.82) is 0 Å². The third kappa shape index (κ3) is 2.83. The number of nitrogens with two attached hydrogens (primary N) is 1. The van der Waals surface area contributed by atoms with Crippen LogP contribution in [0.1, 0.15) is 10.4 Å². The van der Waals surface area contributed by atoms with Crippen molar-refractivity contribution in [3.05, 3.63) is 40.5 Å². The zero-order valence-corrected chi connectivity index (χ0v) is 12.1. The minimum absolute atomic E-state index is 0.00609. The second-order valence-corrected chi connectivity index (χ2v) is 4.75. The number of aromatic nitrogens is 1. The molecule has 0 radical (unpaired) electrons. The minimum atomic E-state index is -1.10. The summed E-state index contributed by atoms with van der Waals surface area (Å²) >= 11 is 3.35. The average Bonchev–Trinajstić information content (AvgIpc) is 2.42. The molecule has 0 saturated carbocycles. The number of carboxylic acid groups (broad SMARTS) is 1. The van der Waals surface area contributed by atoms with Gasteiger partial charge >= 0.3 is 5.97 Å². The number of anilines is 3. The molecule has 104 valence electrons. The molecular weight excluding hydrogens is 326 g/mol. The van der Waals surface area contributed by atoms with E-state index in [1.165, 1.54) is 12.3 Å². The van der Waals surface area contributed by atoms with Gasteiger partial charge in [0.1, 0.15) is 5.75 Å². The molecule has 7 heteroatoms. The lowest BCUT2D eigenvalue weighted by atomic mass is 10.2. The number of nitrogens with zero attached hydrogens (tertiary/aromatic N) is 1. The normalized spacial score (nSPS) is 10.1. The number of nitrogen functional groups attached to an aromatic ring is 1. The van der Waals surface area contributed by atoms with Gasteiger partial charge in [-0.15, -0.1) is 0 Å². The maximum Gasteiger partial charge on any atom is 0.337 e. The number of hydrogen-bond acceptors (Lipinski definition) is 5. The Morgan fingerprint density at radius 2 is 2.20 bits per heavy atom.